The van der Waals surface area contributed by atoms with Crippen LogP contribution in [0, 0.1) is 36.5 Å². The van der Waals surface area contributed by atoms with Gasteiger partial charge in [-0.2, -0.15) is 0 Å². The van der Waals surface area contributed by atoms with E-state index in [2.05, 4.69) is 11.0 Å². The Bertz CT molecular complexity index is 1240. The van der Waals surface area contributed by atoms with E-state index in [1.54, 1.807) is 13.2 Å². The molecule has 0 radical (unpaired) electrons. The first-order chi connectivity index (χ1) is 20.8. The maximum Gasteiger partial charge on any atom is 0.342 e. The number of carbonyl (C=O) groups is 3. The third kappa shape index (κ3) is 6.48. The number of benzene rings is 1. The van der Waals surface area contributed by atoms with E-state index in [0.717, 1.165) is 87.1 Å². The van der Waals surface area contributed by atoms with Crippen LogP contribution in [0.15, 0.2) is 17.7 Å². The quantitative estimate of drug-likeness (QED) is 0.260. The summed E-state index contributed by atoms with van der Waals surface area (Å²) in [5, 5.41) is 0. The number of nitrogens with zero attached hydrogens (tertiary/aromatic N) is 1. The lowest BCUT2D eigenvalue weighted by molar-refractivity contribution is -0.185. The second kappa shape index (κ2) is 13.0. The highest BCUT2D eigenvalue weighted by atomic mass is 16.7. The van der Waals surface area contributed by atoms with Crippen LogP contribution in [0.2, 0.25) is 0 Å². The zero-order valence-corrected chi connectivity index (χ0v) is 25.7. The molecule has 1 aromatic carbocycles. The minimum atomic E-state index is -1.04. The molecule has 0 spiro atoms. The number of hydrogen-bond donors (Lipinski definition) is 0. The first-order valence-electron chi connectivity index (χ1n) is 16.0. The molecule has 1 saturated heterocycles. The molecule has 1 unspecified atom stereocenters. The van der Waals surface area contributed by atoms with Gasteiger partial charge in [0.25, 0.3) is 6.29 Å². The molecule has 0 amide bonds. The second-order valence-corrected chi connectivity index (χ2v) is 13.2. The van der Waals surface area contributed by atoms with Crippen molar-refractivity contribution in [1.29, 1.82) is 0 Å². The summed E-state index contributed by atoms with van der Waals surface area (Å²) in [7, 11) is 1.61. The fourth-order valence-corrected chi connectivity index (χ4v) is 8.46. The average molecular weight is 596 g/mol. The number of fused-ring (bicyclic) bond motifs is 1. The summed E-state index contributed by atoms with van der Waals surface area (Å²) in [6.45, 7) is 8.19. The molecule has 2 aliphatic heterocycles. The van der Waals surface area contributed by atoms with Gasteiger partial charge in [0.1, 0.15) is 12.4 Å². The summed E-state index contributed by atoms with van der Waals surface area (Å²) in [6, 6.07) is 1.80. The van der Waals surface area contributed by atoms with Crippen molar-refractivity contribution in [2.24, 2.45) is 29.6 Å². The van der Waals surface area contributed by atoms with Crippen molar-refractivity contribution in [3.63, 3.8) is 0 Å². The van der Waals surface area contributed by atoms with Crippen molar-refractivity contribution >= 4 is 17.9 Å². The van der Waals surface area contributed by atoms with Crippen LogP contribution in [-0.4, -0.2) is 69.4 Å². The number of hydrogen-bond acceptors (Lipinski definition) is 9. The lowest BCUT2D eigenvalue weighted by Crippen LogP contribution is -2.48. The summed E-state index contributed by atoms with van der Waals surface area (Å²) in [5.41, 5.74) is 3.65. The minimum absolute atomic E-state index is 0.0906. The number of allylic oxidation sites excluding steroid dienone is 2. The maximum atomic E-state index is 13.5. The molecule has 7 rings (SSSR count). The standard InChI is InChI=1S/C34H45NO8/c1-20(5-7-28(36)41-13-10-35-8-11-40-12-9-35)4-6-24-19-27-29(21(2)31(24)39-3)34(42-32(27)37)43-33(38)30-25-15-22-14-23(17-25)18-26(30)16-22/h4,19,22-23,25-26,30,34H,5-18H2,1-3H3. The summed E-state index contributed by atoms with van der Waals surface area (Å²) < 4.78 is 28.1. The van der Waals surface area contributed by atoms with Gasteiger partial charge in [0, 0.05) is 31.6 Å². The van der Waals surface area contributed by atoms with E-state index in [-0.39, 0.29) is 17.9 Å². The third-order valence-electron chi connectivity index (χ3n) is 10.4. The molecular weight excluding hydrogens is 550 g/mol. The molecule has 9 heteroatoms. The predicted molar refractivity (Wildman–Crippen MR) is 157 cm³/mol. The maximum absolute atomic E-state index is 13.5. The van der Waals surface area contributed by atoms with E-state index in [4.69, 9.17) is 23.7 Å². The van der Waals surface area contributed by atoms with Crippen LogP contribution in [0.25, 0.3) is 0 Å². The van der Waals surface area contributed by atoms with Crippen molar-refractivity contribution in [1.82, 2.24) is 4.90 Å². The van der Waals surface area contributed by atoms with E-state index in [1.165, 1.54) is 6.42 Å². The molecule has 1 aromatic rings. The summed E-state index contributed by atoms with van der Waals surface area (Å²) in [6.07, 6.45) is 8.24. The van der Waals surface area contributed by atoms with E-state index in [0.29, 0.717) is 54.6 Å². The Morgan fingerprint density at radius 2 is 1.74 bits per heavy atom. The number of esters is 3. The third-order valence-corrected chi connectivity index (χ3v) is 10.4. The van der Waals surface area contributed by atoms with E-state index < -0.39 is 12.3 Å². The van der Waals surface area contributed by atoms with Crippen LogP contribution >= 0.6 is 0 Å². The highest BCUT2D eigenvalue weighted by molar-refractivity contribution is 5.95. The SMILES string of the molecule is COc1c(CC=C(C)CCC(=O)OCCN2CCOCC2)cc2c(c1C)C(OC(=O)C1C3CC4CC(C3)CC1C4)OC2=O. The van der Waals surface area contributed by atoms with Gasteiger partial charge in [-0.05, 0) is 94.1 Å². The molecular formula is C34H45NO8. The van der Waals surface area contributed by atoms with Crippen molar-refractivity contribution in [2.75, 3.05) is 46.6 Å². The molecule has 0 aromatic heterocycles. The van der Waals surface area contributed by atoms with Gasteiger partial charge in [-0.3, -0.25) is 14.5 Å². The molecule has 4 aliphatic carbocycles. The van der Waals surface area contributed by atoms with Crippen molar-refractivity contribution < 1.29 is 38.1 Å². The molecule has 1 atom stereocenters. The normalized spacial score (nSPS) is 29.7. The Morgan fingerprint density at radius 1 is 1.05 bits per heavy atom. The zero-order valence-electron chi connectivity index (χ0n) is 25.7. The van der Waals surface area contributed by atoms with E-state index >= 15 is 0 Å². The number of ether oxygens (including phenoxy) is 5. The lowest BCUT2D eigenvalue weighted by Gasteiger charge is -2.53. The van der Waals surface area contributed by atoms with Crippen LogP contribution < -0.4 is 4.74 Å². The van der Waals surface area contributed by atoms with E-state index in [1.807, 2.05) is 13.8 Å². The van der Waals surface area contributed by atoms with Gasteiger partial charge in [-0.1, -0.05) is 11.6 Å². The smallest absolute Gasteiger partial charge is 0.342 e. The van der Waals surface area contributed by atoms with Crippen LogP contribution in [0.1, 0.15) is 85.2 Å². The molecule has 234 valence electrons. The topological polar surface area (TPSA) is 101 Å². The summed E-state index contributed by atoms with van der Waals surface area (Å²) in [5.74, 6) is 1.97. The molecule has 4 saturated carbocycles. The largest absolute Gasteiger partial charge is 0.496 e. The minimum Gasteiger partial charge on any atom is -0.496 e. The molecule has 2 heterocycles. The van der Waals surface area contributed by atoms with Gasteiger partial charge in [-0.15, -0.1) is 0 Å². The van der Waals surface area contributed by atoms with Gasteiger partial charge < -0.3 is 23.7 Å². The predicted octanol–water partition coefficient (Wildman–Crippen LogP) is 4.93. The molecule has 9 nitrogen and oxygen atoms in total. The number of morpholine rings is 1. The molecule has 6 aliphatic rings. The van der Waals surface area contributed by atoms with Crippen molar-refractivity contribution in [3.8, 4) is 5.75 Å². The first kappa shape index (κ1) is 30.1. The Labute approximate surface area is 254 Å². The molecule has 43 heavy (non-hydrogen) atoms. The monoisotopic (exact) mass is 595 g/mol. The number of methoxy groups -OCH3 is 1. The van der Waals surface area contributed by atoms with Crippen LogP contribution in [0.3, 0.4) is 0 Å². The van der Waals surface area contributed by atoms with Gasteiger partial charge >= 0.3 is 17.9 Å². The fraction of sp³-hybridized carbons (Fsp3) is 0.676. The lowest BCUT2D eigenvalue weighted by atomic mass is 9.52. The highest BCUT2D eigenvalue weighted by Crippen LogP contribution is 2.57. The van der Waals surface area contributed by atoms with E-state index in [9.17, 15) is 14.4 Å². The average Bonchev–Trinajstić information content (AvgIpc) is 3.29. The first-order valence-corrected chi connectivity index (χ1v) is 16.0. The van der Waals surface area contributed by atoms with Gasteiger partial charge in [0.05, 0.1) is 37.4 Å². The van der Waals surface area contributed by atoms with Crippen molar-refractivity contribution in [2.45, 2.75) is 71.5 Å². The zero-order chi connectivity index (χ0) is 30.1. The van der Waals surface area contributed by atoms with Gasteiger partial charge in [0.2, 0.25) is 0 Å². The van der Waals surface area contributed by atoms with Gasteiger partial charge in [-0.25, -0.2) is 4.79 Å². The van der Waals surface area contributed by atoms with Crippen LogP contribution in [-0.2, 0) is 35.0 Å². The number of carbonyl (C=O) groups excluding carboxylic acids is 3. The van der Waals surface area contributed by atoms with Crippen LogP contribution in [0.4, 0.5) is 0 Å². The summed E-state index contributed by atoms with van der Waals surface area (Å²) >= 11 is 0. The van der Waals surface area contributed by atoms with Crippen molar-refractivity contribution in [3.05, 3.63) is 40.0 Å². The van der Waals surface area contributed by atoms with Gasteiger partial charge in [0.15, 0.2) is 0 Å². The Morgan fingerprint density at radius 3 is 2.42 bits per heavy atom. The molecule has 5 fully saturated rings. The molecule has 4 bridgehead atoms. The Balaban J connectivity index is 1.06. The molecule has 0 N–H and O–H groups in total. The Kier molecular flexibility index (Phi) is 9.10. The highest BCUT2D eigenvalue weighted by Gasteiger charge is 2.52. The summed E-state index contributed by atoms with van der Waals surface area (Å²) in [4.78, 5) is 40.9. The number of rotatable bonds is 11. The fourth-order valence-electron chi connectivity index (χ4n) is 8.46. The second-order valence-electron chi connectivity index (χ2n) is 13.2. The Hall–Kier alpha value is -2.91. The number of cyclic esters (lactones) is 1. The van der Waals surface area contributed by atoms with Crippen LogP contribution in [0.5, 0.6) is 5.75 Å².